The molecule has 0 radical (unpaired) electrons. The van der Waals surface area contributed by atoms with E-state index >= 15 is 0 Å². The molecule has 1 aromatic carbocycles. The number of rotatable bonds is 4. The second-order valence-corrected chi connectivity index (χ2v) is 4.96. The fourth-order valence-electron chi connectivity index (χ4n) is 2.14. The molecule has 4 nitrogen and oxygen atoms in total. The number of nitrogens with zero attached hydrogens (tertiary/aromatic N) is 3. The number of nitrogens with two attached hydrogens (primary N) is 1. The van der Waals surface area contributed by atoms with Gasteiger partial charge in [-0.2, -0.15) is 5.10 Å². The van der Waals surface area contributed by atoms with E-state index in [0.29, 0.717) is 0 Å². The van der Waals surface area contributed by atoms with Crippen molar-refractivity contribution >= 4 is 23.0 Å². The van der Waals surface area contributed by atoms with Gasteiger partial charge in [-0.25, -0.2) is 0 Å². The van der Waals surface area contributed by atoms with Gasteiger partial charge in [-0.1, -0.05) is 17.7 Å². The number of aromatic nitrogens is 2. The average molecular weight is 279 g/mol. The summed E-state index contributed by atoms with van der Waals surface area (Å²) in [5.41, 5.74) is 9.58. The maximum absolute atomic E-state index is 6.30. The summed E-state index contributed by atoms with van der Waals surface area (Å²) in [6.45, 7) is 5.63. The molecular weight excluding hydrogens is 260 g/mol. The third-order valence-electron chi connectivity index (χ3n) is 3.22. The van der Waals surface area contributed by atoms with Crippen LogP contribution in [0.25, 0.3) is 0 Å². The zero-order valence-corrected chi connectivity index (χ0v) is 12.3. The van der Waals surface area contributed by atoms with Crippen molar-refractivity contribution in [1.29, 1.82) is 0 Å². The molecule has 102 valence electrons. The fourth-order valence-corrected chi connectivity index (χ4v) is 2.36. The van der Waals surface area contributed by atoms with Gasteiger partial charge in [0.15, 0.2) is 0 Å². The van der Waals surface area contributed by atoms with E-state index in [1.807, 2.05) is 36.9 Å². The fraction of sp³-hybridized carbons (Fsp3) is 0.357. The van der Waals surface area contributed by atoms with E-state index in [1.165, 1.54) is 0 Å². The van der Waals surface area contributed by atoms with Gasteiger partial charge in [0.2, 0.25) is 0 Å². The van der Waals surface area contributed by atoms with Gasteiger partial charge in [0, 0.05) is 25.0 Å². The van der Waals surface area contributed by atoms with Crippen molar-refractivity contribution in [3.05, 3.63) is 40.7 Å². The first-order chi connectivity index (χ1) is 9.02. The van der Waals surface area contributed by atoms with Crippen molar-refractivity contribution in [3.63, 3.8) is 0 Å². The SMILES string of the molecule is CCN(Cc1c(Cl)c(C)nn1C)c1cccc(N)c1. The predicted octanol–water partition coefficient (Wildman–Crippen LogP) is 2.99. The van der Waals surface area contributed by atoms with Crippen LogP contribution >= 0.6 is 11.6 Å². The zero-order valence-electron chi connectivity index (χ0n) is 11.5. The van der Waals surface area contributed by atoms with Crippen molar-refractivity contribution in [2.45, 2.75) is 20.4 Å². The Bertz CT molecular complexity index is 577. The molecule has 0 saturated heterocycles. The first-order valence-corrected chi connectivity index (χ1v) is 6.69. The highest BCUT2D eigenvalue weighted by Crippen LogP contribution is 2.24. The van der Waals surface area contributed by atoms with Crippen molar-refractivity contribution in [2.24, 2.45) is 7.05 Å². The molecule has 1 aromatic heterocycles. The molecule has 0 aliphatic rings. The third kappa shape index (κ3) is 2.84. The molecule has 19 heavy (non-hydrogen) atoms. The van der Waals surface area contributed by atoms with Crippen LogP contribution in [0.15, 0.2) is 24.3 Å². The number of aryl methyl sites for hydroxylation is 2. The van der Waals surface area contributed by atoms with E-state index in [4.69, 9.17) is 17.3 Å². The maximum Gasteiger partial charge on any atom is 0.0865 e. The number of hydrogen-bond donors (Lipinski definition) is 1. The minimum Gasteiger partial charge on any atom is -0.399 e. The van der Waals surface area contributed by atoms with Crippen molar-refractivity contribution in [1.82, 2.24) is 9.78 Å². The Morgan fingerprint density at radius 1 is 1.42 bits per heavy atom. The van der Waals surface area contributed by atoms with E-state index in [2.05, 4.69) is 23.0 Å². The molecule has 0 bridgehead atoms. The molecule has 0 atom stereocenters. The highest BCUT2D eigenvalue weighted by Gasteiger charge is 2.14. The monoisotopic (exact) mass is 278 g/mol. The Balaban J connectivity index is 2.29. The summed E-state index contributed by atoms with van der Waals surface area (Å²) in [6.07, 6.45) is 0. The van der Waals surface area contributed by atoms with Crippen molar-refractivity contribution in [3.8, 4) is 0 Å². The number of benzene rings is 1. The largest absolute Gasteiger partial charge is 0.399 e. The van der Waals surface area contributed by atoms with Crippen LogP contribution in [0.2, 0.25) is 5.02 Å². The summed E-state index contributed by atoms with van der Waals surface area (Å²) in [5.74, 6) is 0. The lowest BCUT2D eigenvalue weighted by molar-refractivity contribution is 0.682. The molecule has 0 aliphatic heterocycles. The van der Waals surface area contributed by atoms with Crippen LogP contribution in [0.1, 0.15) is 18.3 Å². The molecule has 0 aliphatic carbocycles. The number of anilines is 2. The Hall–Kier alpha value is -1.68. The normalized spacial score (nSPS) is 10.7. The molecule has 0 unspecified atom stereocenters. The molecule has 0 amide bonds. The summed E-state index contributed by atoms with van der Waals surface area (Å²) in [7, 11) is 1.92. The predicted molar refractivity (Wildman–Crippen MR) is 80.5 cm³/mol. The van der Waals surface area contributed by atoms with Gasteiger partial charge in [0.05, 0.1) is 23.0 Å². The molecule has 0 spiro atoms. The topological polar surface area (TPSA) is 47.1 Å². The van der Waals surface area contributed by atoms with Gasteiger partial charge in [-0.15, -0.1) is 0 Å². The minimum absolute atomic E-state index is 0.718. The van der Waals surface area contributed by atoms with Crippen LogP contribution in [-0.4, -0.2) is 16.3 Å². The standard InChI is InChI=1S/C14H19ClN4/c1-4-19(12-7-5-6-11(16)8-12)9-13-14(15)10(2)17-18(13)3/h5-8H,4,9,16H2,1-3H3. The van der Waals surface area contributed by atoms with Crippen LogP contribution < -0.4 is 10.6 Å². The summed E-state index contributed by atoms with van der Waals surface area (Å²) in [6, 6.07) is 7.87. The Morgan fingerprint density at radius 3 is 2.68 bits per heavy atom. The van der Waals surface area contributed by atoms with E-state index in [-0.39, 0.29) is 0 Å². The lowest BCUT2D eigenvalue weighted by Crippen LogP contribution is -2.23. The second-order valence-electron chi connectivity index (χ2n) is 4.58. The maximum atomic E-state index is 6.30. The first kappa shape index (κ1) is 13.7. The van der Waals surface area contributed by atoms with Crippen LogP contribution in [0, 0.1) is 6.92 Å². The number of halogens is 1. The Morgan fingerprint density at radius 2 is 2.16 bits per heavy atom. The number of hydrogen-bond acceptors (Lipinski definition) is 3. The molecule has 2 N–H and O–H groups in total. The highest BCUT2D eigenvalue weighted by molar-refractivity contribution is 6.31. The van der Waals surface area contributed by atoms with Gasteiger partial charge < -0.3 is 10.6 Å². The van der Waals surface area contributed by atoms with Crippen molar-refractivity contribution in [2.75, 3.05) is 17.2 Å². The van der Waals surface area contributed by atoms with E-state index in [1.54, 1.807) is 0 Å². The molecule has 0 saturated carbocycles. The van der Waals surface area contributed by atoms with E-state index in [9.17, 15) is 0 Å². The molecule has 1 heterocycles. The smallest absolute Gasteiger partial charge is 0.0865 e. The van der Waals surface area contributed by atoms with E-state index in [0.717, 1.165) is 40.9 Å². The summed E-state index contributed by atoms with van der Waals surface area (Å²) in [4.78, 5) is 2.22. The summed E-state index contributed by atoms with van der Waals surface area (Å²) < 4.78 is 1.84. The van der Waals surface area contributed by atoms with Gasteiger partial charge in [0.1, 0.15) is 0 Å². The average Bonchev–Trinajstić information content (AvgIpc) is 2.61. The second kappa shape index (κ2) is 5.53. The van der Waals surface area contributed by atoms with Crippen LogP contribution in [-0.2, 0) is 13.6 Å². The lowest BCUT2D eigenvalue weighted by Gasteiger charge is -2.23. The van der Waals surface area contributed by atoms with Crippen LogP contribution in [0.5, 0.6) is 0 Å². The number of nitrogen functional groups attached to an aromatic ring is 1. The molecule has 5 heteroatoms. The van der Waals surface area contributed by atoms with Gasteiger partial charge in [-0.3, -0.25) is 4.68 Å². The molecule has 0 fully saturated rings. The van der Waals surface area contributed by atoms with Gasteiger partial charge >= 0.3 is 0 Å². The Kier molecular flexibility index (Phi) is 4.00. The molecule has 2 rings (SSSR count). The van der Waals surface area contributed by atoms with Gasteiger partial charge in [0.25, 0.3) is 0 Å². The third-order valence-corrected chi connectivity index (χ3v) is 3.71. The molecular formula is C14H19ClN4. The molecule has 2 aromatic rings. The zero-order chi connectivity index (χ0) is 14.0. The van der Waals surface area contributed by atoms with E-state index < -0.39 is 0 Å². The summed E-state index contributed by atoms with van der Waals surface area (Å²) >= 11 is 6.30. The van der Waals surface area contributed by atoms with Gasteiger partial charge in [-0.05, 0) is 32.0 Å². The first-order valence-electron chi connectivity index (χ1n) is 6.31. The van der Waals surface area contributed by atoms with Crippen LogP contribution in [0.3, 0.4) is 0 Å². The summed E-state index contributed by atoms with van der Waals surface area (Å²) in [5, 5.41) is 5.08. The van der Waals surface area contributed by atoms with Crippen molar-refractivity contribution < 1.29 is 0 Å². The minimum atomic E-state index is 0.718. The van der Waals surface area contributed by atoms with Crippen LogP contribution in [0.4, 0.5) is 11.4 Å². The highest BCUT2D eigenvalue weighted by atomic mass is 35.5. The Labute approximate surface area is 118 Å². The quantitative estimate of drug-likeness (QED) is 0.875. The lowest BCUT2D eigenvalue weighted by atomic mass is 10.2.